The summed E-state index contributed by atoms with van der Waals surface area (Å²) in [6.45, 7) is 0.376. The summed E-state index contributed by atoms with van der Waals surface area (Å²) >= 11 is 1.50. The van der Waals surface area contributed by atoms with Crippen LogP contribution in [0, 0.1) is 5.82 Å². The van der Waals surface area contributed by atoms with Crippen LogP contribution in [0.25, 0.3) is 11.4 Å². The van der Waals surface area contributed by atoms with Crippen LogP contribution in [0.5, 0.6) is 0 Å². The van der Waals surface area contributed by atoms with Crippen LogP contribution in [0.3, 0.4) is 0 Å². The summed E-state index contributed by atoms with van der Waals surface area (Å²) in [5.41, 5.74) is 6.80. The van der Waals surface area contributed by atoms with Gasteiger partial charge in [-0.2, -0.15) is 9.78 Å². The molecule has 0 bridgehead atoms. The average Bonchev–Trinajstić information content (AvgIpc) is 2.82. The Kier molecular flexibility index (Phi) is 2.85. The lowest BCUT2D eigenvalue weighted by atomic mass is 10.2. The minimum Gasteiger partial charge on any atom is -0.325 e. The molecule has 0 aliphatic carbocycles. The van der Waals surface area contributed by atoms with Crippen LogP contribution in [0.2, 0.25) is 0 Å². The van der Waals surface area contributed by atoms with Crippen molar-refractivity contribution in [3.63, 3.8) is 0 Å². The van der Waals surface area contributed by atoms with E-state index in [-0.39, 0.29) is 5.82 Å². The zero-order chi connectivity index (χ0) is 12.5. The van der Waals surface area contributed by atoms with Crippen molar-refractivity contribution < 1.29 is 4.39 Å². The van der Waals surface area contributed by atoms with Gasteiger partial charge in [0.15, 0.2) is 5.82 Å². The number of hydrogen-bond donors (Lipinski definition) is 1. The maximum atomic E-state index is 13.7. The number of benzene rings is 1. The molecule has 0 atom stereocenters. The first-order valence-corrected chi connectivity index (χ1v) is 6.38. The summed E-state index contributed by atoms with van der Waals surface area (Å²) in [5, 5.41) is 13.0. The van der Waals surface area contributed by atoms with Crippen LogP contribution >= 0.6 is 11.8 Å². The molecule has 1 aliphatic rings. The quantitative estimate of drug-likeness (QED) is 0.888. The van der Waals surface area contributed by atoms with Gasteiger partial charge in [0.1, 0.15) is 5.82 Å². The molecule has 0 saturated heterocycles. The number of hydrogen-bond acceptors (Lipinski definition) is 5. The van der Waals surface area contributed by atoms with Crippen molar-refractivity contribution in [3.8, 4) is 11.4 Å². The van der Waals surface area contributed by atoms with Crippen LogP contribution in [-0.4, -0.2) is 32.9 Å². The van der Waals surface area contributed by atoms with Gasteiger partial charge in [0, 0.05) is 12.3 Å². The van der Waals surface area contributed by atoms with E-state index in [1.165, 1.54) is 17.8 Å². The fourth-order valence-electron chi connectivity index (χ4n) is 1.67. The predicted molar refractivity (Wildman–Crippen MR) is 68.0 cm³/mol. The van der Waals surface area contributed by atoms with E-state index in [1.54, 1.807) is 22.9 Å². The Morgan fingerprint density at radius 3 is 2.94 bits per heavy atom. The molecule has 0 amide bonds. The summed E-state index contributed by atoms with van der Waals surface area (Å²) in [6, 6.07) is 6.43. The second kappa shape index (κ2) is 4.51. The summed E-state index contributed by atoms with van der Waals surface area (Å²) < 4.78 is 15.3. The van der Waals surface area contributed by atoms with Crippen molar-refractivity contribution in [1.29, 1.82) is 0 Å². The monoisotopic (exact) mass is 263 g/mol. The molecule has 3 rings (SSSR count). The van der Waals surface area contributed by atoms with E-state index in [0.717, 1.165) is 5.71 Å². The zero-order valence-corrected chi connectivity index (χ0v) is 10.2. The number of thioether (sulfide) groups is 1. The van der Waals surface area contributed by atoms with Gasteiger partial charge >= 0.3 is 0 Å². The van der Waals surface area contributed by atoms with Gasteiger partial charge in [-0.1, -0.05) is 23.9 Å². The molecule has 1 aromatic heterocycles. The van der Waals surface area contributed by atoms with E-state index < -0.39 is 0 Å². The molecule has 92 valence electrons. The topological polar surface area (TPSA) is 69.1 Å². The largest absolute Gasteiger partial charge is 0.325 e. The molecule has 1 aliphatic heterocycles. The molecule has 0 fully saturated rings. The summed E-state index contributed by atoms with van der Waals surface area (Å²) in [5.74, 6) is 0.764. The van der Waals surface area contributed by atoms with Crippen LogP contribution < -0.4 is 5.73 Å². The maximum Gasteiger partial charge on any atom is 0.212 e. The Hall–Kier alpha value is -1.73. The molecule has 2 heterocycles. The first kappa shape index (κ1) is 11.4. The molecule has 5 nitrogen and oxygen atoms in total. The molecule has 1 aromatic carbocycles. The van der Waals surface area contributed by atoms with Crippen molar-refractivity contribution >= 4 is 17.5 Å². The minimum absolute atomic E-state index is 0.340. The van der Waals surface area contributed by atoms with E-state index in [9.17, 15) is 4.39 Å². The van der Waals surface area contributed by atoms with E-state index in [4.69, 9.17) is 5.73 Å². The normalized spacial score (nSPS) is 14.2. The third-order valence-electron chi connectivity index (χ3n) is 2.57. The zero-order valence-electron chi connectivity index (χ0n) is 9.38. The van der Waals surface area contributed by atoms with Gasteiger partial charge < -0.3 is 5.73 Å². The molecule has 0 unspecified atom stereocenters. The van der Waals surface area contributed by atoms with Gasteiger partial charge in [-0.25, -0.2) is 4.39 Å². The first-order chi connectivity index (χ1) is 8.79. The molecular formula is C11H10FN5S. The smallest absolute Gasteiger partial charge is 0.212 e. The number of halogens is 1. The highest BCUT2D eigenvalue weighted by atomic mass is 32.2. The van der Waals surface area contributed by atoms with Gasteiger partial charge in [0.2, 0.25) is 5.16 Å². The summed E-state index contributed by atoms with van der Waals surface area (Å²) in [7, 11) is 0. The third kappa shape index (κ3) is 1.81. The van der Waals surface area contributed by atoms with Gasteiger partial charge in [0.25, 0.3) is 0 Å². The predicted octanol–water partition coefficient (Wildman–Crippen LogP) is 1.35. The number of rotatable bonds is 2. The van der Waals surface area contributed by atoms with Crippen LogP contribution in [0.15, 0.2) is 34.5 Å². The highest BCUT2D eigenvalue weighted by molar-refractivity contribution is 7.99. The number of fused-ring (bicyclic) bond motifs is 1. The molecule has 0 saturated carbocycles. The molecule has 2 aromatic rings. The van der Waals surface area contributed by atoms with Crippen molar-refractivity contribution in [1.82, 2.24) is 14.9 Å². The minimum atomic E-state index is -0.340. The number of aromatic nitrogens is 3. The lowest BCUT2D eigenvalue weighted by Gasteiger charge is -2.12. The third-order valence-corrected chi connectivity index (χ3v) is 3.56. The summed E-state index contributed by atoms with van der Waals surface area (Å²) in [6.07, 6.45) is 0. The van der Waals surface area contributed by atoms with Gasteiger partial charge in [-0.3, -0.25) is 0 Å². The molecule has 2 N–H and O–H groups in total. The molecular weight excluding hydrogens is 253 g/mol. The summed E-state index contributed by atoms with van der Waals surface area (Å²) in [4.78, 5) is 0. The van der Waals surface area contributed by atoms with Crippen LogP contribution in [-0.2, 0) is 0 Å². The molecule has 0 spiro atoms. The van der Waals surface area contributed by atoms with E-state index in [2.05, 4.69) is 15.3 Å². The lowest BCUT2D eigenvalue weighted by Crippen LogP contribution is -2.21. The van der Waals surface area contributed by atoms with Crippen LogP contribution in [0.1, 0.15) is 0 Å². The van der Waals surface area contributed by atoms with Crippen molar-refractivity contribution in [2.24, 2.45) is 10.8 Å². The van der Waals surface area contributed by atoms with Crippen molar-refractivity contribution in [2.75, 3.05) is 12.3 Å². The highest BCUT2D eigenvalue weighted by Gasteiger charge is 2.20. The lowest BCUT2D eigenvalue weighted by molar-refractivity contribution is 0.627. The standard InChI is InChI=1S/C11H10FN5S/c12-9-4-2-1-3-8(9)10-14-15-11-17(10)16-7(5-13)6-18-11/h1-4H,5-6,13H2. The van der Waals surface area contributed by atoms with E-state index in [1.807, 2.05) is 0 Å². The Morgan fingerprint density at radius 1 is 1.33 bits per heavy atom. The second-order valence-corrected chi connectivity index (χ2v) is 4.70. The molecule has 7 heteroatoms. The van der Waals surface area contributed by atoms with Gasteiger partial charge in [-0.05, 0) is 12.1 Å². The molecule has 0 radical (unpaired) electrons. The fraction of sp³-hybridized carbons (Fsp3) is 0.182. The SMILES string of the molecule is NCC1=Nn2c(nnc2-c2ccccc2F)SC1. The highest BCUT2D eigenvalue weighted by Crippen LogP contribution is 2.28. The van der Waals surface area contributed by atoms with Gasteiger partial charge in [-0.15, -0.1) is 10.2 Å². The Labute approximate surface area is 107 Å². The van der Waals surface area contributed by atoms with Crippen molar-refractivity contribution in [2.45, 2.75) is 5.16 Å². The number of nitrogens with two attached hydrogens (primary N) is 1. The van der Waals surface area contributed by atoms with E-state index >= 15 is 0 Å². The van der Waals surface area contributed by atoms with Gasteiger partial charge in [0.05, 0.1) is 11.3 Å². The Morgan fingerprint density at radius 2 is 2.17 bits per heavy atom. The second-order valence-electron chi connectivity index (χ2n) is 3.76. The molecule has 18 heavy (non-hydrogen) atoms. The van der Waals surface area contributed by atoms with E-state index in [0.29, 0.717) is 28.8 Å². The average molecular weight is 263 g/mol. The Bertz CT molecular complexity index is 622. The Balaban J connectivity index is 2.14. The fourth-order valence-corrected chi connectivity index (χ4v) is 2.49. The number of nitrogens with zero attached hydrogens (tertiary/aromatic N) is 4. The first-order valence-electron chi connectivity index (χ1n) is 5.39. The van der Waals surface area contributed by atoms with Crippen molar-refractivity contribution in [3.05, 3.63) is 30.1 Å². The van der Waals surface area contributed by atoms with Crippen LogP contribution in [0.4, 0.5) is 4.39 Å². The maximum absolute atomic E-state index is 13.7.